The first-order valence-corrected chi connectivity index (χ1v) is 4.86. The van der Waals surface area contributed by atoms with E-state index in [9.17, 15) is 4.79 Å². The molecule has 0 unspecified atom stereocenters. The molecule has 1 aromatic rings. The van der Waals surface area contributed by atoms with Gasteiger partial charge in [-0.25, -0.2) is 0 Å². The third-order valence-electron chi connectivity index (χ3n) is 1.90. The zero-order chi connectivity index (χ0) is 10.8. The van der Waals surface area contributed by atoms with Crippen LogP contribution in [0, 0.1) is 5.41 Å². The largest absolute Gasteiger partial charge is 0.309 e. The molecule has 0 spiro atoms. The van der Waals surface area contributed by atoms with Crippen LogP contribution in [0.3, 0.4) is 0 Å². The van der Waals surface area contributed by atoms with Gasteiger partial charge in [0.1, 0.15) is 0 Å². The predicted molar refractivity (Wildman–Crippen MR) is 56.3 cm³/mol. The quantitative estimate of drug-likeness (QED) is 0.779. The zero-order valence-electron chi connectivity index (χ0n) is 8.54. The SMILES string of the molecule is Cn1ccc(NC(=O)C(C)(C)CCl)n1. The Labute approximate surface area is 88.2 Å². The minimum atomic E-state index is -0.570. The second-order valence-electron chi connectivity index (χ2n) is 3.85. The van der Waals surface area contributed by atoms with Gasteiger partial charge in [0.05, 0.1) is 5.41 Å². The fraction of sp³-hybridized carbons (Fsp3) is 0.556. The Bertz CT molecular complexity index is 333. The molecule has 0 aliphatic carbocycles. The van der Waals surface area contributed by atoms with E-state index in [4.69, 9.17) is 11.6 Å². The van der Waals surface area contributed by atoms with Gasteiger partial charge in [0.15, 0.2) is 5.82 Å². The molecule has 0 bridgehead atoms. The molecule has 1 aromatic heterocycles. The van der Waals surface area contributed by atoms with E-state index in [0.717, 1.165) is 0 Å². The summed E-state index contributed by atoms with van der Waals surface area (Å²) < 4.78 is 1.63. The number of rotatable bonds is 3. The third-order valence-corrected chi connectivity index (χ3v) is 2.57. The molecule has 14 heavy (non-hydrogen) atoms. The molecule has 1 amide bonds. The highest BCUT2D eigenvalue weighted by Crippen LogP contribution is 2.19. The first-order valence-electron chi connectivity index (χ1n) is 4.33. The van der Waals surface area contributed by atoms with E-state index in [-0.39, 0.29) is 11.8 Å². The molecule has 0 aliphatic heterocycles. The van der Waals surface area contributed by atoms with Crippen molar-refractivity contribution in [3.63, 3.8) is 0 Å². The Morgan fingerprint density at radius 1 is 1.71 bits per heavy atom. The van der Waals surface area contributed by atoms with Gasteiger partial charge in [-0.3, -0.25) is 9.48 Å². The van der Waals surface area contributed by atoms with Crippen LogP contribution in [0.5, 0.6) is 0 Å². The Balaban J connectivity index is 2.66. The summed E-state index contributed by atoms with van der Waals surface area (Å²) in [6.45, 7) is 3.58. The zero-order valence-corrected chi connectivity index (χ0v) is 9.30. The highest BCUT2D eigenvalue weighted by molar-refractivity contribution is 6.20. The molecular weight excluding hydrogens is 202 g/mol. The van der Waals surface area contributed by atoms with Crippen LogP contribution in [0.25, 0.3) is 0 Å². The molecule has 0 atom stereocenters. The van der Waals surface area contributed by atoms with Crippen LogP contribution in [0.1, 0.15) is 13.8 Å². The summed E-state index contributed by atoms with van der Waals surface area (Å²) in [5.74, 6) is 0.716. The van der Waals surface area contributed by atoms with Crippen LogP contribution in [-0.2, 0) is 11.8 Å². The number of hydrogen-bond donors (Lipinski definition) is 1. The first kappa shape index (κ1) is 11.0. The van der Waals surface area contributed by atoms with E-state index in [0.29, 0.717) is 5.82 Å². The summed E-state index contributed by atoms with van der Waals surface area (Å²) in [5, 5.41) is 6.74. The summed E-state index contributed by atoms with van der Waals surface area (Å²) in [4.78, 5) is 11.6. The molecule has 0 fully saturated rings. The van der Waals surface area contributed by atoms with Gasteiger partial charge in [0, 0.05) is 25.2 Å². The van der Waals surface area contributed by atoms with E-state index >= 15 is 0 Å². The average molecular weight is 216 g/mol. The topological polar surface area (TPSA) is 46.9 Å². The molecule has 5 heteroatoms. The number of halogens is 1. The smallest absolute Gasteiger partial charge is 0.232 e. The fourth-order valence-electron chi connectivity index (χ4n) is 0.828. The monoisotopic (exact) mass is 215 g/mol. The number of carbonyl (C=O) groups excluding carboxylic acids is 1. The number of aromatic nitrogens is 2. The number of nitrogens with zero attached hydrogens (tertiary/aromatic N) is 2. The van der Waals surface area contributed by atoms with Gasteiger partial charge >= 0.3 is 0 Å². The molecule has 0 radical (unpaired) electrons. The maximum atomic E-state index is 11.6. The Kier molecular flexibility index (Phi) is 3.16. The van der Waals surface area contributed by atoms with E-state index in [2.05, 4.69) is 10.4 Å². The maximum Gasteiger partial charge on any atom is 0.232 e. The summed E-state index contributed by atoms with van der Waals surface area (Å²) in [6.07, 6.45) is 1.77. The molecule has 1 rings (SSSR count). The predicted octanol–water partition coefficient (Wildman–Crippen LogP) is 1.62. The van der Waals surface area contributed by atoms with Crippen molar-refractivity contribution in [3.05, 3.63) is 12.3 Å². The molecule has 78 valence electrons. The van der Waals surface area contributed by atoms with Gasteiger partial charge in [-0.15, -0.1) is 11.6 Å². The lowest BCUT2D eigenvalue weighted by Gasteiger charge is -2.19. The van der Waals surface area contributed by atoms with Gasteiger partial charge in [-0.1, -0.05) is 0 Å². The standard InChI is InChI=1S/C9H14ClN3O/c1-9(2,6-10)8(14)11-7-4-5-13(3)12-7/h4-5H,6H2,1-3H3,(H,11,12,14). The second-order valence-corrected chi connectivity index (χ2v) is 4.11. The van der Waals surface area contributed by atoms with Gasteiger partial charge in [-0.05, 0) is 13.8 Å². The molecular formula is C9H14ClN3O. The highest BCUT2D eigenvalue weighted by Gasteiger charge is 2.26. The fourth-order valence-corrected chi connectivity index (χ4v) is 0.949. The highest BCUT2D eigenvalue weighted by atomic mass is 35.5. The second kappa shape index (κ2) is 4.00. The van der Waals surface area contributed by atoms with Gasteiger partial charge in [-0.2, -0.15) is 5.10 Å². The molecule has 0 aliphatic rings. The van der Waals surface area contributed by atoms with Crippen molar-refractivity contribution in [1.29, 1.82) is 0 Å². The number of alkyl halides is 1. The number of carbonyl (C=O) groups is 1. The molecule has 0 aromatic carbocycles. The van der Waals surface area contributed by atoms with E-state index in [1.807, 2.05) is 0 Å². The molecule has 1 N–H and O–H groups in total. The minimum Gasteiger partial charge on any atom is -0.309 e. The molecule has 0 saturated carbocycles. The van der Waals surface area contributed by atoms with Crippen molar-refractivity contribution in [2.45, 2.75) is 13.8 Å². The van der Waals surface area contributed by atoms with Crippen molar-refractivity contribution < 1.29 is 4.79 Å². The van der Waals surface area contributed by atoms with Crippen LogP contribution < -0.4 is 5.32 Å². The summed E-state index contributed by atoms with van der Waals surface area (Å²) >= 11 is 5.67. The van der Waals surface area contributed by atoms with Crippen molar-refractivity contribution in [2.24, 2.45) is 12.5 Å². The molecule has 4 nitrogen and oxygen atoms in total. The lowest BCUT2D eigenvalue weighted by atomic mass is 9.95. The minimum absolute atomic E-state index is 0.119. The van der Waals surface area contributed by atoms with Crippen LogP contribution in [-0.4, -0.2) is 21.6 Å². The Hall–Kier alpha value is -1.03. The van der Waals surface area contributed by atoms with Crippen LogP contribution >= 0.6 is 11.6 Å². The third kappa shape index (κ3) is 2.48. The number of hydrogen-bond acceptors (Lipinski definition) is 2. The van der Waals surface area contributed by atoms with Crippen molar-refractivity contribution in [1.82, 2.24) is 9.78 Å². The van der Waals surface area contributed by atoms with Crippen molar-refractivity contribution >= 4 is 23.3 Å². The first-order chi connectivity index (χ1) is 6.45. The van der Waals surface area contributed by atoms with Gasteiger partial charge in [0.25, 0.3) is 0 Å². The van der Waals surface area contributed by atoms with E-state index < -0.39 is 5.41 Å². The number of aryl methyl sites for hydroxylation is 1. The van der Waals surface area contributed by atoms with Crippen LogP contribution in [0.4, 0.5) is 5.82 Å². The van der Waals surface area contributed by atoms with Crippen LogP contribution in [0.2, 0.25) is 0 Å². The summed E-state index contributed by atoms with van der Waals surface area (Å²) in [7, 11) is 1.79. The lowest BCUT2D eigenvalue weighted by molar-refractivity contribution is -0.123. The normalized spacial score (nSPS) is 11.4. The average Bonchev–Trinajstić information content (AvgIpc) is 2.51. The van der Waals surface area contributed by atoms with Crippen molar-refractivity contribution in [3.8, 4) is 0 Å². The number of anilines is 1. The summed E-state index contributed by atoms with van der Waals surface area (Å²) in [6, 6.07) is 1.74. The lowest BCUT2D eigenvalue weighted by Crippen LogP contribution is -2.32. The Morgan fingerprint density at radius 2 is 2.36 bits per heavy atom. The van der Waals surface area contributed by atoms with E-state index in [1.165, 1.54) is 0 Å². The van der Waals surface area contributed by atoms with Crippen LogP contribution in [0.15, 0.2) is 12.3 Å². The van der Waals surface area contributed by atoms with E-state index in [1.54, 1.807) is 37.8 Å². The van der Waals surface area contributed by atoms with Gasteiger partial charge < -0.3 is 5.32 Å². The molecule has 1 heterocycles. The van der Waals surface area contributed by atoms with Gasteiger partial charge in [0.2, 0.25) is 5.91 Å². The summed E-state index contributed by atoms with van der Waals surface area (Å²) in [5.41, 5.74) is -0.570. The van der Waals surface area contributed by atoms with Crippen molar-refractivity contribution in [2.75, 3.05) is 11.2 Å². The maximum absolute atomic E-state index is 11.6. The number of nitrogens with one attached hydrogen (secondary N) is 1. The molecule has 0 saturated heterocycles. The number of amides is 1. The Morgan fingerprint density at radius 3 is 2.79 bits per heavy atom.